The summed E-state index contributed by atoms with van der Waals surface area (Å²) in [6.45, 7) is 1.47. The van der Waals surface area contributed by atoms with Gasteiger partial charge in [0.1, 0.15) is 11.6 Å². The van der Waals surface area contributed by atoms with Gasteiger partial charge in [-0.2, -0.15) is 0 Å². The molecule has 158 valence electrons. The summed E-state index contributed by atoms with van der Waals surface area (Å²) in [4.78, 5) is 28.0. The number of pyridine rings is 1. The number of nitrogens with one attached hydrogen (secondary N) is 4. The van der Waals surface area contributed by atoms with Crippen molar-refractivity contribution in [2.75, 3.05) is 17.7 Å². The number of benzene rings is 1. The zero-order valence-corrected chi connectivity index (χ0v) is 17.1. The topological polar surface area (TPSA) is 107 Å². The van der Waals surface area contributed by atoms with Crippen molar-refractivity contribution in [1.29, 1.82) is 5.41 Å². The minimum Gasteiger partial charge on any atom is -0.388 e. The summed E-state index contributed by atoms with van der Waals surface area (Å²) in [7, 11) is 1.74. The molecular weight excluding hydrogens is 385 g/mol. The van der Waals surface area contributed by atoms with Crippen molar-refractivity contribution in [3.63, 3.8) is 0 Å². The van der Waals surface area contributed by atoms with E-state index in [1.165, 1.54) is 19.2 Å². The first-order valence-corrected chi connectivity index (χ1v) is 9.97. The van der Waals surface area contributed by atoms with Crippen molar-refractivity contribution >= 4 is 29.5 Å². The lowest BCUT2D eigenvalue weighted by molar-refractivity contribution is -0.123. The van der Waals surface area contributed by atoms with E-state index in [1.54, 1.807) is 25.2 Å². The Morgan fingerprint density at radius 1 is 1.27 bits per heavy atom. The first kappa shape index (κ1) is 21.4. The molecule has 0 radical (unpaired) electrons. The van der Waals surface area contributed by atoms with E-state index in [4.69, 9.17) is 5.41 Å². The average Bonchev–Trinajstić information content (AvgIpc) is 2.74. The molecular formula is C22H26FN5O2. The average molecular weight is 411 g/mol. The van der Waals surface area contributed by atoms with E-state index in [2.05, 4.69) is 20.9 Å². The molecule has 3 rings (SSSR count). The third-order valence-electron chi connectivity index (χ3n) is 5.35. The molecule has 8 heteroatoms. The van der Waals surface area contributed by atoms with E-state index in [9.17, 15) is 14.0 Å². The molecule has 1 aliphatic rings. The second-order valence-electron chi connectivity index (χ2n) is 7.50. The quantitative estimate of drug-likeness (QED) is 0.545. The number of hydrogen-bond acceptors (Lipinski definition) is 5. The predicted molar refractivity (Wildman–Crippen MR) is 115 cm³/mol. The van der Waals surface area contributed by atoms with Gasteiger partial charge in [0.2, 0.25) is 11.8 Å². The molecule has 2 atom stereocenters. The van der Waals surface area contributed by atoms with Crippen LogP contribution in [0.5, 0.6) is 0 Å². The highest BCUT2D eigenvalue weighted by Gasteiger charge is 2.28. The van der Waals surface area contributed by atoms with Gasteiger partial charge in [-0.3, -0.25) is 9.59 Å². The van der Waals surface area contributed by atoms with Crippen LogP contribution in [0.1, 0.15) is 38.2 Å². The maximum atomic E-state index is 14.5. The molecule has 2 aromatic rings. The number of anilines is 2. The smallest absolute Gasteiger partial charge is 0.228 e. The van der Waals surface area contributed by atoms with E-state index in [1.807, 2.05) is 0 Å². The summed E-state index contributed by atoms with van der Waals surface area (Å²) in [5.41, 5.74) is 2.32. The van der Waals surface area contributed by atoms with Gasteiger partial charge in [0.25, 0.3) is 0 Å². The van der Waals surface area contributed by atoms with Crippen molar-refractivity contribution in [3.05, 3.63) is 41.8 Å². The van der Waals surface area contributed by atoms with E-state index in [0.29, 0.717) is 28.8 Å². The van der Waals surface area contributed by atoms with Gasteiger partial charge in [0.15, 0.2) is 0 Å². The molecule has 1 aliphatic carbocycles. The van der Waals surface area contributed by atoms with Crippen molar-refractivity contribution in [2.24, 2.45) is 5.92 Å². The lowest BCUT2D eigenvalue weighted by atomic mass is 9.85. The van der Waals surface area contributed by atoms with Gasteiger partial charge in [-0.1, -0.05) is 18.6 Å². The molecule has 1 saturated carbocycles. The highest BCUT2D eigenvalue weighted by molar-refractivity contribution is 5.93. The summed E-state index contributed by atoms with van der Waals surface area (Å²) in [6.07, 6.45) is 5.36. The fourth-order valence-electron chi connectivity index (χ4n) is 3.87. The molecule has 0 unspecified atom stereocenters. The Kier molecular flexibility index (Phi) is 6.76. The maximum Gasteiger partial charge on any atom is 0.228 e. The Balaban J connectivity index is 1.77. The number of hydrogen-bond donors (Lipinski definition) is 4. The fourth-order valence-corrected chi connectivity index (χ4v) is 3.87. The molecule has 0 bridgehead atoms. The third-order valence-corrected chi connectivity index (χ3v) is 5.35. The lowest BCUT2D eigenvalue weighted by Gasteiger charge is -2.28. The normalized spacial score (nSPS) is 18.4. The highest BCUT2D eigenvalue weighted by atomic mass is 19.1. The SMILES string of the molecule is CNc1cc(-c2cc(NC(=O)[C@H]3CCC[C@@H](NC(C)=O)C3)ncc2F)ccc1C=N. The molecule has 7 nitrogen and oxygen atoms in total. The molecule has 1 aromatic heterocycles. The first-order valence-electron chi connectivity index (χ1n) is 9.97. The summed E-state index contributed by atoms with van der Waals surface area (Å²) in [6, 6.07) is 6.72. The van der Waals surface area contributed by atoms with Crippen molar-refractivity contribution in [1.82, 2.24) is 10.3 Å². The van der Waals surface area contributed by atoms with Crippen LogP contribution >= 0.6 is 0 Å². The van der Waals surface area contributed by atoms with Crippen LogP contribution in [-0.2, 0) is 9.59 Å². The van der Waals surface area contributed by atoms with Crippen LogP contribution in [0.25, 0.3) is 11.1 Å². The van der Waals surface area contributed by atoms with Crippen LogP contribution in [0.4, 0.5) is 15.9 Å². The van der Waals surface area contributed by atoms with Crippen LogP contribution in [0, 0.1) is 17.1 Å². The number of nitrogens with zero attached hydrogens (tertiary/aromatic N) is 1. The van der Waals surface area contributed by atoms with Crippen LogP contribution in [0.3, 0.4) is 0 Å². The third kappa shape index (κ3) is 5.00. The zero-order chi connectivity index (χ0) is 21.7. The highest BCUT2D eigenvalue weighted by Crippen LogP contribution is 2.30. The lowest BCUT2D eigenvalue weighted by Crippen LogP contribution is -2.40. The maximum absolute atomic E-state index is 14.5. The molecule has 1 aromatic carbocycles. The summed E-state index contributed by atoms with van der Waals surface area (Å²) < 4.78 is 14.5. The minimum absolute atomic E-state index is 0.00365. The van der Waals surface area contributed by atoms with Crippen molar-refractivity contribution < 1.29 is 14.0 Å². The Labute approximate surface area is 175 Å². The molecule has 4 N–H and O–H groups in total. The van der Waals surface area contributed by atoms with Crippen LogP contribution in [0.2, 0.25) is 0 Å². The molecule has 1 fully saturated rings. The second kappa shape index (κ2) is 9.47. The van der Waals surface area contributed by atoms with Gasteiger partial charge >= 0.3 is 0 Å². The van der Waals surface area contributed by atoms with Gasteiger partial charge in [-0.25, -0.2) is 9.37 Å². The summed E-state index contributed by atoms with van der Waals surface area (Å²) in [5.74, 6) is -0.721. The van der Waals surface area contributed by atoms with Crippen LogP contribution in [-0.4, -0.2) is 36.1 Å². The van der Waals surface area contributed by atoms with E-state index < -0.39 is 5.82 Å². The molecule has 0 saturated heterocycles. The Morgan fingerprint density at radius 3 is 2.77 bits per heavy atom. The monoisotopic (exact) mass is 411 g/mol. The second-order valence-corrected chi connectivity index (χ2v) is 7.50. The van der Waals surface area contributed by atoms with Gasteiger partial charge < -0.3 is 21.4 Å². The fraction of sp³-hybridized carbons (Fsp3) is 0.364. The van der Waals surface area contributed by atoms with E-state index >= 15 is 0 Å². The minimum atomic E-state index is -0.499. The van der Waals surface area contributed by atoms with Gasteiger partial charge in [-0.15, -0.1) is 0 Å². The standard InChI is InChI=1S/C22H26FN5O2/c1-13(29)27-17-5-3-4-15(8-17)22(30)28-21-10-18(19(23)12-26-21)14-6-7-16(11-24)20(9-14)25-2/h6-7,9-12,15,17,24-25H,3-5,8H2,1-2H3,(H,27,29)(H,26,28,30)/t15-,17+/m0/s1. The van der Waals surface area contributed by atoms with Gasteiger partial charge in [-0.05, 0) is 37.0 Å². The number of carbonyl (C=O) groups excluding carboxylic acids is 2. The zero-order valence-electron chi connectivity index (χ0n) is 17.1. The molecule has 1 heterocycles. The molecule has 30 heavy (non-hydrogen) atoms. The van der Waals surface area contributed by atoms with E-state index in [0.717, 1.165) is 25.5 Å². The number of rotatable bonds is 6. The number of aromatic nitrogens is 1. The molecule has 2 amide bonds. The number of halogens is 1. The number of amides is 2. The van der Waals surface area contributed by atoms with Gasteiger partial charge in [0.05, 0.1) is 6.20 Å². The van der Waals surface area contributed by atoms with Crippen molar-refractivity contribution in [3.8, 4) is 11.1 Å². The van der Waals surface area contributed by atoms with Crippen LogP contribution < -0.4 is 16.0 Å². The molecule has 0 spiro atoms. The largest absolute Gasteiger partial charge is 0.388 e. The first-order chi connectivity index (χ1) is 14.4. The molecule has 0 aliphatic heterocycles. The predicted octanol–water partition coefficient (Wildman–Crippen LogP) is 3.56. The summed E-state index contributed by atoms with van der Waals surface area (Å²) >= 11 is 0. The van der Waals surface area contributed by atoms with E-state index in [-0.39, 0.29) is 29.6 Å². The Morgan fingerprint density at radius 2 is 2.07 bits per heavy atom. The number of carbonyl (C=O) groups is 2. The Bertz CT molecular complexity index is 963. The van der Waals surface area contributed by atoms with Crippen LogP contribution in [0.15, 0.2) is 30.5 Å². The van der Waals surface area contributed by atoms with Crippen molar-refractivity contribution in [2.45, 2.75) is 38.6 Å². The Hall–Kier alpha value is -3.29. The van der Waals surface area contributed by atoms with Gasteiger partial charge in [0, 0.05) is 49.0 Å². The summed E-state index contributed by atoms with van der Waals surface area (Å²) in [5, 5.41) is 16.1.